The third-order valence-electron chi connectivity index (χ3n) is 2.47. The van der Waals surface area contributed by atoms with Gasteiger partial charge in [0.2, 0.25) is 0 Å². The zero-order valence-corrected chi connectivity index (χ0v) is 11.5. The predicted molar refractivity (Wildman–Crippen MR) is 70.7 cm³/mol. The minimum absolute atomic E-state index is 0.164. The second kappa shape index (κ2) is 5.38. The van der Waals surface area contributed by atoms with Gasteiger partial charge in [-0.1, -0.05) is 17.7 Å². The lowest BCUT2D eigenvalue weighted by atomic mass is 10.2. The summed E-state index contributed by atoms with van der Waals surface area (Å²) in [4.78, 5) is 6.60. The Morgan fingerprint density at radius 2 is 2.11 bits per heavy atom. The molecule has 0 aromatic carbocycles. The number of hydrogen-bond donors (Lipinski definition) is 0. The van der Waals surface area contributed by atoms with Crippen LogP contribution in [0.5, 0.6) is 0 Å². The number of pyridine rings is 1. The van der Waals surface area contributed by atoms with Gasteiger partial charge in [-0.3, -0.25) is 0 Å². The number of aromatic nitrogens is 1. The van der Waals surface area contributed by atoms with Gasteiger partial charge in [0.15, 0.2) is 0 Å². The fraction of sp³-hybridized carbons (Fsp3) is 0.250. The lowest BCUT2D eigenvalue weighted by molar-refractivity contribution is -0.137. The van der Waals surface area contributed by atoms with Crippen molar-refractivity contribution in [2.24, 2.45) is 0 Å². The molecule has 0 fully saturated rings. The molecule has 7 heteroatoms. The van der Waals surface area contributed by atoms with Gasteiger partial charge in [-0.25, -0.2) is 4.98 Å². The first kappa shape index (κ1) is 14.1. The molecule has 0 radical (unpaired) electrons. The summed E-state index contributed by atoms with van der Waals surface area (Å²) in [5.41, 5.74) is -0.791. The molecule has 0 N–H and O–H groups in total. The molecule has 0 bridgehead atoms. The van der Waals surface area contributed by atoms with E-state index in [4.69, 9.17) is 11.6 Å². The SMILES string of the molecule is CN(Cc1cccs1)c1cc(C(F)(F)F)cc(Cl)n1. The quantitative estimate of drug-likeness (QED) is 0.779. The zero-order valence-electron chi connectivity index (χ0n) is 9.91. The largest absolute Gasteiger partial charge is 0.416 e. The van der Waals surface area contributed by atoms with Crippen LogP contribution in [0.1, 0.15) is 10.4 Å². The normalized spacial score (nSPS) is 11.6. The Hall–Kier alpha value is -1.27. The van der Waals surface area contributed by atoms with Gasteiger partial charge in [0.25, 0.3) is 0 Å². The van der Waals surface area contributed by atoms with Crippen LogP contribution in [0, 0.1) is 0 Å². The topological polar surface area (TPSA) is 16.1 Å². The van der Waals surface area contributed by atoms with Crippen LogP contribution in [-0.4, -0.2) is 12.0 Å². The number of rotatable bonds is 3. The highest BCUT2D eigenvalue weighted by Crippen LogP contribution is 2.32. The minimum atomic E-state index is -4.43. The third kappa shape index (κ3) is 3.61. The maximum absolute atomic E-state index is 12.7. The van der Waals surface area contributed by atoms with E-state index in [2.05, 4.69) is 4.98 Å². The van der Waals surface area contributed by atoms with Gasteiger partial charge < -0.3 is 4.90 Å². The van der Waals surface area contributed by atoms with Crippen molar-refractivity contribution in [3.05, 3.63) is 45.2 Å². The molecule has 0 spiro atoms. The molecule has 2 heterocycles. The summed E-state index contributed by atoms with van der Waals surface area (Å²) in [6.07, 6.45) is -4.43. The first-order valence-electron chi connectivity index (χ1n) is 5.34. The molecular weight excluding hydrogens is 297 g/mol. The summed E-state index contributed by atoms with van der Waals surface area (Å²) < 4.78 is 38.1. The number of halogens is 4. The zero-order chi connectivity index (χ0) is 14.0. The van der Waals surface area contributed by atoms with Gasteiger partial charge in [-0.15, -0.1) is 11.3 Å². The number of thiophene rings is 1. The van der Waals surface area contributed by atoms with E-state index in [1.807, 2.05) is 17.5 Å². The Kier molecular flexibility index (Phi) is 4.01. The molecule has 102 valence electrons. The predicted octanol–water partition coefficient (Wildman–Crippen LogP) is 4.45. The lowest BCUT2D eigenvalue weighted by Crippen LogP contribution is -2.18. The van der Waals surface area contributed by atoms with Gasteiger partial charge in [0.1, 0.15) is 11.0 Å². The van der Waals surface area contributed by atoms with Crippen LogP contribution in [0.2, 0.25) is 5.15 Å². The number of hydrogen-bond acceptors (Lipinski definition) is 3. The second-order valence-electron chi connectivity index (χ2n) is 3.97. The van der Waals surface area contributed by atoms with Crippen LogP contribution in [0.25, 0.3) is 0 Å². The first-order chi connectivity index (χ1) is 8.86. The Balaban J connectivity index is 2.26. The van der Waals surface area contributed by atoms with Crippen molar-refractivity contribution in [2.45, 2.75) is 12.7 Å². The monoisotopic (exact) mass is 306 g/mol. The third-order valence-corrected chi connectivity index (χ3v) is 3.53. The standard InChI is InChI=1S/C12H10ClF3N2S/c1-18(7-9-3-2-4-19-9)11-6-8(12(14,15)16)5-10(13)17-11/h2-6H,7H2,1H3. The molecule has 0 saturated heterocycles. The summed E-state index contributed by atoms with van der Waals surface area (Å²) in [5, 5.41) is 1.75. The Bertz CT molecular complexity index is 555. The van der Waals surface area contributed by atoms with E-state index in [1.165, 1.54) is 11.3 Å². The molecule has 0 atom stereocenters. The highest BCUT2D eigenvalue weighted by atomic mass is 35.5. The fourth-order valence-electron chi connectivity index (χ4n) is 1.56. The molecule has 0 aliphatic heterocycles. The van der Waals surface area contributed by atoms with Gasteiger partial charge in [-0.05, 0) is 23.6 Å². The molecule has 0 amide bonds. The Morgan fingerprint density at radius 3 is 2.68 bits per heavy atom. The average molecular weight is 307 g/mol. The van der Waals surface area contributed by atoms with Crippen LogP contribution >= 0.6 is 22.9 Å². The molecule has 2 rings (SSSR count). The molecule has 2 aromatic heterocycles. The fourth-order valence-corrected chi connectivity index (χ4v) is 2.52. The van der Waals surface area contributed by atoms with Crippen LogP contribution in [0.3, 0.4) is 0 Å². The van der Waals surface area contributed by atoms with Crippen LogP contribution < -0.4 is 4.90 Å². The van der Waals surface area contributed by atoms with E-state index >= 15 is 0 Å². The molecule has 0 aliphatic rings. The van der Waals surface area contributed by atoms with E-state index < -0.39 is 11.7 Å². The van der Waals surface area contributed by atoms with Gasteiger partial charge in [0, 0.05) is 11.9 Å². The smallest absolute Gasteiger partial charge is 0.354 e. The van der Waals surface area contributed by atoms with Crippen molar-refractivity contribution < 1.29 is 13.2 Å². The van der Waals surface area contributed by atoms with E-state index in [0.717, 1.165) is 17.0 Å². The Labute approximate surface area is 117 Å². The Morgan fingerprint density at radius 1 is 1.37 bits per heavy atom. The highest BCUT2D eigenvalue weighted by Gasteiger charge is 2.31. The van der Waals surface area contributed by atoms with E-state index in [1.54, 1.807) is 11.9 Å². The van der Waals surface area contributed by atoms with E-state index in [9.17, 15) is 13.2 Å². The van der Waals surface area contributed by atoms with Crippen LogP contribution in [0.4, 0.5) is 19.0 Å². The summed E-state index contributed by atoms with van der Waals surface area (Å²) in [7, 11) is 1.68. The highest BCUT2D eigenvalue weighted by molar-refractivity contribution is 7.09. The molecule has 0 aliphatic carbocycles. The van der Waals surface area contributed by atoms with Crippen molar-refractivity contribution in [3.63, 3.8) is 0 Å². The van der Waals surface area contributed by atoms with Crippen molar-refractivity contribution in [1.82, 2.24) is 4.98 Å². The van der Waals surface area contributed by atoms with Crippen molar-refractivity contribution >= 4 is 28.8 Å². The van der Waals surface area contributed by atoms with E-state index in [-0.39, 0.29) is 11.0 Å². The lowest BCUT2D eigenvalue weighted by Gasteiger charge is -2.19. The average Bonchev–Trinajstić information content (AvgIpc) is 2.79. The van der Waals surface area contributed by atoms with Crippen molar-refractivity contribution in [3.8, 4) is 0 Å². The summed E-state index contributed by atoms with van der Waals surface area (Å²) in [5.74, 6) is 0.202. The number of nitrogens with zero attached hydrogens (tertiary/aromatic N) is 2. The second-order valence-corrected chi connectivity index (χ2v) is 5.39. The summed E-state index contributed by atoms with van der Waals surface area (Å²) in [6.45, 7) is 0.488. The molecule has 19 heavy (non-hydrogen) atoms. The number of anilines is 1. The molecule has 2 aromatic rings. The molecular formula is C12H10ClF3N2S. The number of alkyl halides is 3. The first-order valence-corrected chi connectivity index (χ1v) is 6.60. The summed E-state index contributed by atoms with van der Waals surface area (Å²) >= 11 is 7.18. The van der Waals surface area contributed by atoms with E-state index in [0.29, 0.717) is 6.54 Å². The van der Waals surface area contributed by atoms with Crippen LogP contribution in [0.15, 0.2) is 29.6 Å². The van der Waals surface area contributed by atoms with Crippen LogP contribution in [-0.2, 0) is 12.7 Å². The van der Waals surface area contributed by atoms with Gasteiger partial charge >= 0.3 is 6.18 Å². The maximum Gasteiger partial charge on any atom is 0.416 e. The molecule has 2 nitrogen and oxygen atoms in total. The maximum atomic E-state index is 12.7. The molecule has 0 unspecified atom stereocenters. The van der Waals surface area contributed by atoms with Crippen molar-refractivity contribution in [1.29, 1.82) is 0 Å². The van der Waals surface area contributed by atoms with Gasteiger partial charge in [0.05, 0.1) is 12.1 Å². The molecule has 0 saturated carbocycles. The minimum Gasteiger partial charge on any atom is -0.354 e. The van der Waals surface area contributed by atoms with Gasteiger partial charge in [-0.2, -0.15) is 13.2 Å². The van der Waals surface area contributed by atoms with Crippen molar-refractivity contribution in [2.75, 3.05) is 11.9 Å². The summed E-state index contributed by atoms with van der Waals surface area (Å²) in [6, 6.07) is 5.63.